The minimum atomic E-state index is -0.646. The Balaban J connectivity index is 1.73. The quantitative estimate of drug-likeness (QED) is 0.526. The Hall–Kier alpha value is -3.36. The van der Waals surface area contributed by atoms with Crippen molar-refractivity contribution >= 4 is 5.82 Å². The van der Waals surface area contributed by atoms with Crippen LogP contribution in [0.3, 0.4) is 0 Å². The van der Waals surface area contributed by atoms with Crippen LogP contribution in [0.5, 0.6) is 5.75 Å². The van der Waals surface area contributed by atoms with Crippen LogP contribution in [0.1, 0.15) is 5.89 Å². The summed E-state index contributed by atoms with van der Waals surface area (Å²) >= 11 is 0. The average Bonchev–Trinajstić information content (AvgIpc) is 3.03. The molecule has 0 bridgehead atoms. The number of pyridine rings is 1. The van der Waals surface area contributed by atoms with Gasteiger partial charge in [0, 0.05) is 5.56 Å². The molecule has 0 spiro atoms. The van der Waals surface area contributed by atoms with Crippen molar-refractivity contribution in [3.8, 4) is 17.1 Å². The van der Waals surface area contributed by atoms with Crippen molar-refractivity contribution in [2.45, 2.75) is 6.61 Å². The van der Waals surface area contributed by atoms with E-state index in [2.05, 4.69) is 15.1 Å². The van der Waals surface area contributed by atoms with E-state index in [0.29, 0.717) is 5.56 Å². The van der Waals surface area contributed by atoms with Crippen LogP contribution >= 0.6 is 0 Å². The second kappa shape index (κ2) is 6.18. The van der Waals surface area contributed by atoms with Gasteiger partial charge in [0.2, 0.25) is 11.6 Å². The molecular formula is C14H9FN4O4. The fourth-order valence-corrected chi connectivity index (χ4v) is 1.80. The van der Waals surface area contributed by atoms with Crippen LogP contribution in [0.4, 0.5) is 10.2 Å². The number of ether oxygens (including phenoxy) is 1. The van der Waals surface area contributed by atoms with E-state index in [1.54, 1.807) is 0 Å². The molecule has 116 valence electrons. The maximum absolute atomic E-state index is 12.9. The average molecular weight is 316 g/mol. The Bertz CT molecular complexity index is 835. The summed E-state index contributed by atoms with van der Waals surface area (Å²) in [6.45, 7) is -0.152. The van der Waals surface area contributed by atoms with Gasteiger partial charge in [0.15, 0.2) is 6.61 Å². The summed E-state index contributed by atoms with van der Waals surface area (Å²) in [6.07, 6.45) is 1.30. The predicted molar refractivity (Wildman–Crippen MR) is 74.9 cm³/mol. The van der Waals surface area contributed by atoms with Crippen LogP contribution in [-0.2, 0) is 6.61 Å². The molecule has 0 atom stereocenters. The van der Waals surface area contributed by atoms with E-state index in [1.165, 1.54) is 42.6 Å². The van der Waals surface area contributed by atoms with Crippen LogP contribution in [-0.4, -0.2) is 20.0 Å². The topological polar surface area (TPSA) is 104 Å². The van der Waals surface area contributed by atoms with Crippen molar-refractivity contribution in [2.75, 3.05) is 0 Å². The van der Waals surface area contributed by atoms with Gasteiger partial charge in [-0.2, -0.15) is 4.98 Å². The normalized spacial score (nSPS) is 10.5. The second-order valence-corrected chi connectivity index (χ2v) is 4.39. The highest BCUT2D eigenvalue weighted by molar-refractivity contribution is 5.53. The van der Waals surface area contributed by atoms with E-state index in [-0.39, 0.29) is 29.9 Å². The number of rotatable bonds is 5. The number of hydrogen-bond acceptors (Lipinski definition) is 7. The molecule has 2 aromatic heterocycles. The van der Waals surface area contributed by atoms with Gasteiger partial charge in [0.1, 0.15) is 12.0 Å². The molecule has 23 heavy (non-hydrogen) atoms. The predicted octanol–water partition coefficient (Wildman–Crippen LogP) is 2.76. The minimum absolute atomic E-state index is 0.000896. The Labute approximate surface area is 128 Å². The Morgan fingerprint density at radius 3 is 2.78 bits per heavy atom. The summed E-state index contributed by atoms with van der Waals surface area (Å²) in [5.74, 6) is -0.374. The summed E-state index contributed by atoms with van der Waals surface area (Å²) in [7, 11) is 0. The van der Waals surface area contributed by atoms with E-state index in [1.807, 2.05) is 0 Å². The molecule has 0 radical (unpaired) electrons. The van der Waals surface area contributed by atoms with Crippen LogP contribution in [0.25, 0.3) is 11.4 Å². The lowest BCUT2D eigenvalue weighted by Gasteiger charge is -2.02. The highest BCUT2D eigenvalue weighted by Crippen LogP contribution is 2.24. The smallest absolute Gasteiger partial charge is 0.406 e. The molecule has 0 N–H and O–H groups in total. The van der Waals surface area contributed by atoms with Gasteiger partial charge in [-0.1, -0.05) is 5.16 Å². The number of nitro groups is 1. The molecule has 8 nitrogen and oxygen atoms in total. The van der Waals surface area contributed by atoms with Crippen molar-refractivity contribution in [3.05, 3.63) is 64.4 Å². The molecule has 0 saturated carbocycles. The van der Waals surface area contributed by atoms with Crippen molar-refractivity contribution in [1.29, 1.82) is 0 Å². The van der Waals surface area contributed by atoms with Crippen LogP contribution in [0, 0.1) is 15.9 Å². The molecule has 0 fully saturated rings. The fourth-order valence-electron chi connectivity index (χ4n) is 1.80. The maximum Gasteiger partial charge on any atom is 0.406 e. The third-order valence-corrected chi connectivity index (χ3v) is 2.85. The van der Waals surface area contributed by atoms with Gasteiger partial charge < -0.3 is 19.4 Å². The zero-order valence-corrected chi connectivity index (χ0v) is 11.5. The molecule has 0 aliphatic rings. The number of nitrogens with zero attached hydrogens (tertiary/aromatic N) is 4. The van der Waals surface area contributed by atoms with E-state index >= 15 is 0 Å². The fraction of sp³-hybridized carbons (Fsp3) is 0.0714. The van der Waals surface area contributed by atoms with Crippen molar-refractivity contribution in [1.82, 2.24) is 15.1 Å². The van der Waals surface area contributed by atoms with Gasteiger partial charge in [-0.3, -0.25) is 0 Å². The molecule has 2 heterocycles. The zero-order valence-electron chi connectivity index (χ0n) is 11.5. The lowest BCUT2D eigenvalue weighted by molar-refractivity contribution is -0.390. The molecular weight excluding hydrogens is 307 g/mol. The molecule has 0 aliphatic heterocycles. The largest absolute Gasteiger partial charge is 0.476 e. The number of aromatic nitrogens is 3. The maximum atomic E-state index is 12.9. The van der Waals surface area contributed by atoms with E-state index in [4.69, 9.17) is 9.26 Å². The number of hydrogen-bond donors (Lipinski definition) is 0. The monoisotopic (exact) mass is 316 g/mol. The van der Waals surface area contributed by atoms with Crippen LogP contribution in [0.2, 0.25) is 0 Å². The third kappa shape index (κ3) is 3.28. The summed E-state index contributed by atoms with van der Waals surface area (Å²) in [4.78, 5) is 17.9. The SMILES string of the molecule is O=[N+]([O-])c1ncccc1OCc1nc(-c2ccc(F)cc2)no1. The molecule has 1 aromatic carbocycles. The lowest BCUT2D eigenvalue weighted by atomic mass is 10.2. The number of halogens is 1. The first-order valence-corrected chi connectivity index (χ1v) is 6.44. The van der Waals surface area contributed by atoms with Gasteiger partial charge in [0.05, 0.1) is 0 Å². The highest BCUT2D eigenvalue weighted by Gasteiger charge is 2.17. The second-order valence-electron chi connectivity index (χ2n) is 4.39. The summed E-state index contributed by atoms with van der Waals surface area (Å²) < 4.78 is 23.2. The number of benzene rings is 1. The molecule has 0 amide bonds. The Morgan fingerprint density at radius 2 is 2.04 bits per heavy atom. The summed E-state index contributed by atoms with van der Waals surface area (Å²) in [6, 6.07) is 8.51. The molecule has 3 aromatic rings. The highest BCUT2D eigenvalue weighted by atomic mass is 19.1. The standard InChI is InChI=1S/C14H9FN4O4/c15-10-5-3-9(4-6-10)13-17-12(23-18-13)8-22-11-2-1-7-16-14(11)19(20)21/h1-7H,8H2. The van der Waals surface area contributed by atoms with Gasteiger partial charge >= 0.3 is 5.82 Å². The zero-order chi connectivity index (χ0) is 16.2. The molecule has 0 saturated heterocycles. The summed E-state index contributed by atoms with van der Waals surface area (Å²) in [5.41, 5.74) is 0.578. The van der Waals surface area contributed by atoms with Crippen molar-refractivity contribution in [3.63, 3.8) is 0 Å². The molecule has 0 unspecified atom stereocenters. The Kier molecular flexibility index (Phi) is 3.91. The van der Waals surface area contributed by atoms with E-state index in [9.17, 15) is 14.5 Å². The van der Waals surface area contributed by atoms with Gasteiger partial charge in [-0.15, -0.1) is 0 Å². The third-order valence-electron chi connectivity index (χ3n) is 2.85. The van der Waals surface area contributed by atoms with E-state index < -0.39 is 10.7 Å². The first kappa shape index (κ1) is 14.6. The van der Waals surface area contributed by atoms with E-state index in [0.717, 1.165) is 0 Å². The minimum Gasteiger partial charge on any atom is -0.476 e. The van der Waals surface area contributed by atoms with Crippen LogP contribution < -0.4 is 4.74 Å². The molecule has 3 rings (SSSR count). The van der Waals surface area contributed by atoms with Crippen molar-refractivity contribution in [2.24, 2.45) is 0 Å². The lowest BCUT2D eigenvalue weighted by Crippen LogP contribution is -2.00. The van der Waals surface area contributed by atoms with Crippen LogP contribution in [0.15, 0.2) is 47.1 Å². The first-order valence-electron chi connectivity index (χ1n) is 6.44. The summed E-state index contributed by atoms with van der Waals surface area (Å²) in [5, 5.41) is 14.6. The molecule has 0 aliphatic carbocycles. The van der Waals surface area contributed by atoms with Crippen molar-refractivity contribution < 1.29 is 18.6 Å². The Morgan fingerprint density at radius 1 is 1.26 bits per heavy atom. The van der Waals surface area contributed by atoms with Gasteiger partial charge in [-0.05, 0) is 46.3 Å². The van der Waals surface area contributed by atoms with Gasteiger partial charge in [-0.25, -0.2) is 4.39 Å². The first-order chi connectivity index (χ1) is 11.1. The molecule has 9 heteroatoms. The van der Waals surface area contributed by atoms with Gasteiger partial charge in [0.25, 0.3) is 5.89 Å².